The summed E-state index contributed by atoms with van der Waals surface area (Å²) < 4.78 is 2.90. The van der Waals surface area contributed by atoms with Gasteiger partial charge in [0, 0.05) is 12.1 Å². The molecular weight excluding hydrogens is 306 g/mol. The van der Waals surface area contributed by atoms with Gasteiger partial charge in [-0.2, -0.15) is 0 Å². The van der Waals surface area contributed by atoms with Crippen LogP contribution in [-0.2, 0) is 6.54 Å². The number of aryl methyl sites for hydroxylation is 1. The Balaban J connectivity index is 1.62. The van der Waals surface area contributed by atoms with Crippen molar-refractivity contribution in [3.05, 3.63) is 30.1 Å². The fraction of sp³-hybridized carbons (Fsp3) is 0.737. The predicted octanol–water partition coefficient (Wildman–Crippen LogP) is 5.84. The van der Waals surface area contributed by atoms with Gasteiger partial charge in [-0.15, -0.1) is 23.5 Å². The Morgan fingerprint density at radius 3 is 2.23 bits per heavy atom. The molecular formula is C19H32NS2+. The molecule has 0 unspecified atom stereocenters. The molecule has 1 aromatic rings. The number of hydrogen-bond donors (Lipinski definition) is 0. The molecule has 3 heteroatoms. The van der Waals surface area contributed by atoms with Crippen molar-refractivity contribution in [1.82, 2.24) is 0 Å². The van der Waals surface area contributed by atoms with E-state index in [-0.39, 0.29) is 0 Å². The van der Waals surface area contributed by atoms with Gasteiger partial charge in [-0.05, 0) is 36.3 Å². The Bertz CT molecular complexity index is 396. The number of thioether (sulfide) groups is 2. The first-order valence-electron chi connectivity index (χ1n) is 9.05. The van der Waals surface area contributed by atoms with Crippen LogP contribution in [-0.4, -0.2) is 11.5 Å². The molecule has 0 aromatic carbocycles. The maximum atomic E-state index is 2.31. The van der Waals surface area contributed by atoms with Crippen molar-refractivity contribution in [2.75, 3.05) is 11.5 Å². The number of unbranched alkanes of at least 4 members (excludes halogenated alkanes) is 5. The lowest BCUT2D eigenvalue weighted by Crippen LogP contribution is -2.30. The summed E-state index contributed by atoms with van der Waals surface area (Å²) in [5.41, 5.74) is 1.50. The van der Waals surface area contributed by atoms with Crippen LogP contribution < -0.4 is 4.57 Å². The number of hydrogen-bond acceptors (Lipinski definition) is 2. The monoisotopic (exact) mass is 338 g/mol. The zero-order chi connectivity index (χ0) is 15.6. The van der Waals surface area contributed by atoms with Gasteiger partial charge in [0.2, 0.25) is 0 Å². The van der Waals surface area contributed by atoms with Crippen LogP contribution >= 0.6 is 23.5 Å². The Morgan fingerprint density at radius 2 is 1.59 bits per heavy atom. The largest absolute Gasteiger partial charge is 0.205 e. The standard InChI is InChI=1S/C19H32NS2/c1-3-5-6-7-8-9-10-17-15-21-19(22-16-17)18-11-13-20(4-2)14-12-18/h11-14,17,19H,3-10,15-16H2,1-2H3/q+1. The molecule has 0 radical (unpaired) electrons. The minimum absolute atomic E-state index is 0.660. The minimum atomic E-state index is 0.660. The fourth-order valence-corrected chi connectivity index (χ4v) is 6.12. The third-order valence-electron chi connectivity index (χ3n) is 4.49. The highest BCUT2D eigenvalue weighted by Gasteiger charge is 2.23. The molecule has 22 heavy (non-hydrogen) atoms. The van der Waals surface area contributed by atoms with Crippen LogP contribution in [0.3, 0.4) is 0 Å². The van der Waals surface area contributed by atoms with Crippen LogP contribution in [0.2, 0.25) is 0 Å². The molecule has 1 fully saturated rings. The molecule has 1 saturated heterocycles. The van der Waals surface area contributed by atoms with Crippen LogP contribution in [0.25, 0.3) is 0 Å². The topological polar surface area (TPSA) is 3.88 Å². The van der Waals surface area contributed by atoms with Gasteiger partial charge < -0.3 is 0 Å². The van der Waals surface area contributed by atoms with Crippen LogP contribution in [0.4, 0.5) is 0 Å². The molecule has 2 rings (SSSR count). The van der Waals surface area contributed by atoms with Gasteiger partial charge in [-0.1, -0.05) is 45.4 Å². The van der Waals surface area contributed by atoms with Crippen LogP contribution in [0.1, 0.15) is 68.9 Å². The first-order chi connectivity index (χ1) is 10.8. The van der Waals surface area contributed by atoms with E-state index in [0.29, 0.717) is 4.58 Å². The molecule has 0 aliphatic carbocycles. The quantitative estimate of drug-likeness (QED) is 0.411. The zero-order valence-electron chi connectivity index (χ0n) is 14.3. The van der Waals surface area contributed by atoms with E-state index in [9.17, 15) is 0 Å². The van der Waals surface area contributed by atoms with E-state index < -0.39 is 0 Å². The van der Waals surface area contributed by atoms with E-state index in [0.717, 1.165) is 12.5 Å². The van der Waals surface area contributed by atoms with Gasteiger partial charge in [0.05, 0.1) is 4.58 Å². The maximum Gasteiger partial charge on any atom is 0.169 e. The SMILES string of the molecule is CCCCCCCCC1CSC(c2cc[n+](CC)cc2)SC1. The predicted molar refractivity (Wildman–Crippen MR) is 101 cm³/mol. The molecule has 0 spiro atoms. The molecule has 124 valence electrons. The summed E-state index contributed by atoms with van der Waals surface area (Å²) in [4.78, 5) is 0. The van der Waals surface area contributed by atoms with Gasteiger partial charge in [0.1, 0.15) is 6.54 Å². The summed E-state index contributed by atoms with van der Waals surface area (Å²) in [5, 5.41) is 0. The lowest BCUT2D eigenvalue weighted by Gasteiger charge is -2.27. The first-order valence-corrected chi connectivity index (χ1v) is 11.2. The second kappa shape index (κ2) is 10.6. The zero-order valence-corrected chi connectivity index (χ0v) is 15.9. The van der Waals surface area contributed by atoms with E-state index in [1.165, 1.54) is 62.0 Å². The summed E-state index contributed by atoms with van der Waals surface area (Å²) in [6.07, 6.45) is 14.5. The second-order valence-corrected chi connectivity index (χ2v) is 8.96. The van der Waals surface area contributed by atoms with Crippen molar-refractivity contribution in [3.63, 3.8) is 0 Å². The summed E-state index contributed by atoms with van der Waals surface area (Å²) >= 11 is 4.33. The van der Waals surface area contributed by atoms with Gasteiger partial charge in [0.15, 0.2) is 12.4 Å². The third-order valence-corrected chi connectivity index (χ3v) is 7.78. The molecule has 0 saturated carbocycles. The summed E-state index contributed by atoms with van der Waals surface area (Å²) in [7, 11) is 0. The van der Waals surface area contributed by atoms with Crippen molar-refractivity contribution in [2.24, 2.45) is 5.92 Å². The van der Waals surface area contributed by atoms with Gasteiger partial charge in [-0.25, -0.2) is 4.57 Å². The number of nitrogens with zero attached hydrogens (tertiary/aromatic N) is 1. The number of pyridine rings is 1. The van der Waals surface area contributed by atoms with Crippen LogP contribution in [0.5, 0.6) is 0 Å². The summed E-state index contributed by atoms with van der Waals surface area (Å²) in [6, 6.07) is 4.62. The third kappa shape index (κ3) is 6.16. The highest BCUT2D eigenvalue weighted by atomic mass is 32.2. The molecule has 1 aromatic heterocycles. The molecule has 0 bridgehead atoms. The van der Waals surface area contributed by atoms with Crippen molar-refractivity contribution in [2.45, 2.75) is 69.9 Å². The molecule has 2 heterocycles. The number of aromatic nitrogens is 1. The summed E-state index contributed by atoms with van der Waals surface area (Å²) in [6.45, 7) is 5.55. The Morgan fingerprint density at radius 1 is 0.955 bits per heavy atom. The van der Waals surface area contributed by atoms with E-state index in [1.807, 2.05) is 0 Å². The highest BCUT2D eigenvalue weighted by Crippen LogP contribution is 2.46. The number of rotatable bonds is 9. The molecule has 0 amide bonds. The van der Waals surface area contributed by atoms with Crippen LogP contribution in [0.15, 0.2) is 24.5 Å². The van der Waals surface area contributed by atoms with Crippen LogP contribution in [0, 0.1) is 5.92 Å². The van der Waals surface area contributed by atoms with Crippen molar-refractivity contribution in [3.8, 4) is 0 Å². The average Bonchev–Trinajstić information content (AvgIpc) is 2.59. The molecule has 0 N–H and O–H groups in total. The van der Waals surface area contributed by atoms with Crippen molar-refractivity contribution >= 4 is 23.5 Å². The molecule has 0 atom stereocenters. The molecule has 1 aliphatic heterocycles. The highest BCUT2D eigenvalue weighted by molar-refractivity contribution is 8.16. The first kappa shape index (κ1) is 18.2. The summed E-state index contributed by atoms with van der Waals surface area (Å²) in [5.74, 6) is 3.66. The van der Waals surface area contributed by atoms with Gasteiger partial charge in [0.25, 0.3) is 0 Å². The average molecular weight is 339 g/mol. The van der Waals surface area contributed by atoms with E-state index in [1.54, 1.807) is 0 Å². The van der Waals surface area contributed by atoms with E-state index >= 15 is 0 Å². The van der Waals surface area contributed by atoms with E-state index in [4.69, 9.17) is 0 Å². The lowest BCUT2D eigenvalue weighted by molar-refractivity contribution is -0.693. The lowest BCUT2D eigenvalue weighted by atomic mass is 10.0. The van der Waals surface area contributed by atoms with Gasteiger partial charge >= 0.3 is 0 Å². The maximum absolute atomic E-state index is 2.31. The van der Waals surface area contributed by atoms with Gasteiger partial charge in [-0.3, -0.25) is 0 Å². The smallest absolute Gasteiger partial charge is 0.169 e. The Kier molecular flexibility index (Phi) is 8.76. The second-order valence-electron chi connectivity index (χ2n) is 6.38. The minimum Gasteiger partial charge on any atom is -0.205 e. The van der Waals surface area contributed by atoms with Crippen molar-refractivity contribution in [1.29, 1.82) is 0 Å². The Labute approximate surface area is 145 Å². The van der Waals surface area contributed by atoms with Crippen molar-refractivity contribution < 1.29 is 4.57 Å². The molecule has 1 aliphatic rings. The normalized spacial score (nSPS) is 21.9. The Hall–Kier alpha value is -0.150. The molecule has 1 nitrogen and oxygen atoms in total. The van der Waals surface area contributed by atoms with E-state index in [2.05, 4.69) is 66.5 Å². The fourth-order valence-electron chi connectivity index (χ4n) is 2.95.